The number of carbonyl (C=O) groups excluding carboxylic acids is 2. The maximum Gasteiger partial charge on any atom is 0.322 e. The highest BCUT2D eigenvalue weighted by Gasteiger charge is 2.38. The quantitative estimate of drug-likeness (QED) is 0.376. The van der Waals surface area contributed by atoms with Gasteiger partial charge < -0.3 is 19.2 Å². The number of hydrogen-bond donors (Lipinski definition) is 1. The highest BCUT2D eigenvalue weighted by molar-refractivity contribution is 6.01. The molecule has 0 saturated carbocycles. The van der Waals surface area contributed by atoms with E-state index in [1.54, 1.807) is 16.1 Å². The number of nitrogens with one attached hydrogen (secondary N) is 1. The van der Waals surface area contributed by atoms with Crippen molar-refractivity contribution in [3.8, 4) is 5.69 Å². The number of anilines is 2. The van der Waals surface area contributed by atoms with Gasteiger partial charge in [0.1, 0.15) is 18.3 Å². The van der Waals surface area contributed by atoms with E-state index in [0.29, 0.717) is 5.76 Å². The topological polar surface area (TPSA) is 70.7 Å². The lowest BCUT2D eigenvalue weighted by atomic mass is 10.0. The standard InChI is InChI=1S/C29H30N4O3/c1-19(2)32(29(35)30-22-11-7-10-20(3)21(22)4)18-27(34)33-24-13-6-5-12-23(24)31-16-8-14-25(31)28(33)26-15-9-17-36-26/h5-17,19,28H,18H2,1-4H3,(H,30,35). The van der Waals surface area contributed by atoms with Crippen LogP contribution < -0.4 is 10.2 Å². The van der Waals surface area contributed by atoms with E-state index in [4.69, 9.17) is 4.42 Å². The minimum atomic E-state index is -0.450. The molecular weight excluding hydrogens is 452 g/mol. The zero-order valence-corrected chi connectivity index (χ0v) is 20.9. The lowest BCUT2D eigenvalue weighted by Gasteiger charge is -2.38. The fourth-order valence-electron chi connectivity index (χ4n) is 4.76. The molecule has 3 heterocycles. The van der Waals surface area contributed by atoms with E-state index in [1.807, 2.05) is 101 Å². The number of hydrogen-bond acceptors (Lipinski definition) is 3. The number of rotatable bonds is 5. The number of nitrogens with zero attached hydrogens (tertiary/aromatic N) is 3. The summed E-state index contributed by atoms with van der Waals surface area (Å²) in [5.41, 5.74) is 5.44. The van der Waals surface area contributed by atoms with Crippen LogP contribution in [0.3, 0.4) is 0 Å². The molecule has 2 aromatic carbocycles. The number of para-hydroxylation sites is 2. The van der Waals surface area contributed by atoms with E-state index in [9.17, 15) is 9.59 Å². The van der Waals surface area contributed by atoms with Crippen molar-refractivity contribution in [2.75, 3.05) is 16.8 Å². The van der Waals surface area contributed by atoms with Crippen molar-refractivity contribution in [2.24, 2.45) is 0 Å². The molecule has 4 aromatic rings. The Labute approximate surface area is 210 Å². The summed E-state index contributed by atoms with van der Waals surface area (Å²) >= 11 is 0. The van der Waals surface area contributed by atoms with E-state index >= 15 is 0 Å². The Kier molecular flexibility index (Phi) is 6.14. The molecule has 184 valence electrons. The third-order valence-electron chi connectivity index (χ3n) is 6.84. The molecule has 7 heteroatoms. The van der Waals surface area contributed by atoms with Crippen molar-refractivity contribution in [3.63, 3.8) is 0 Å². The van der Waals surface area contributed by atoms with Crippen LogP contribution in [0.15, 0.2) is 83.6 Å². The lowest BCUT2D eigenvalue weighted by Crippen LogP contribution is -2.49. The zero-order chi connectivity index (χ0) is 25.4. The molecule has 0 radical (unpaired) electrons. The second-order valence-electron chi connectivity index (χ2n) is 9.37. The van der Waals surface area contributed by atoms with Gasteiger partial charge in [0.25, 0.3) is 0 Å². The summed E-state index contributed by atoms with van der Waals surface area (Å²) in [5.74, 6) is 0.467. The van der Waals surface area contributed by atoms with E-state index in [1.165, 1.54) is 0 Å². The van der Waals surface area contributed by atoms with Crippen molar-refractivity contribution in [1.82, 2.24) is 9.47 Å². The summed E-state index contributed by atoms with van der Waals surface area (Å²) in [7, 11) is 0. The zero-order valence-electron chi connectivity index (χ0n) is 20.9. The van der Waals surface area contributed by atoms with Crippen molar-refractivity contribution in [3.05, 3.63) is 102 Å². The lowest BCUT2D eigenvalue weighted by molar-refractivity contribution is -0.120. The Hall–Kier alpha value is -4.26. The fraction of sp³-hybridized carbons (Fsp3) is 0.241. The molecular formula is C29H30N4O3. The third kappa shape index (κ3) is 4.06. The highest BCUT2D eigenvalue weighted by atomic mass is 16.3. The van der Waals surface area contributed by atoms with Gasteiger partial charge in [-0.2, -0.15) is 0 Å². The van der Waals surface area contributed by atoms with E-state index < -0.39 is 6.04 Å². The van der Waals surface area contributed by atoms with Gasteiger partial charge in [-0.05, 0) is 81.3 Å². The monoisotopic (exact) mass is 482 g/mol. The molecule has 0 aliphatic carbocycles. The van der Waals surface area contributed by atoms with Crippen LogP contribution in [0.4, 0.5) is 16.2 Å². The van der Waals surface area contributed by atoms with Crippen LogP contribution in [0.2, 0.25) is 0 Å². The summed E-state index contributed by atoms with van der Waals surface area (Å²) in [4.78, 5) is 30.7. The molecule has 1 aliphatic heterocycles. The third-order valence-corrected chi connectivity index (χ3v) is 6.84. The average molecular weight is 483 g/mol. The first-order chi connectivity index (χ1) is 17.4. The van der Waals surface area contributed by atoms with Crippen LogP contribution in [-0.2, 0) is 4.79 Å². The molecule has 1 aliphatic rings. The smallest absolute Gasteiger partial charge is 0.322 e. The summed E-state index contributed by atoms with van der Waals surface area (Å²) in [6.45, 7) is 7.72. The average Bonchev–Trinajstić information content (AvgIpc) is 3.57. The maximum absolute atomic E-state index is 14.0. The summed E-state index contributed by atoms with van der Waals surface area (Å²) in [6.07, 6.45) is 3.60. The predicted octanol–water partition coefficient (Wildman–Crippen LogP) is 6.07. The maximum atomic E-state index is 14.0. The number of urea groups is 1. The number of aromatic nitrogens is 1. The fourth-order valence-corrected chi connectivity index (χ4v) is 4.76. The van der Waals surface area contributed by atoms with Gasteiger partial charge in [-0.3, -0.25) is 9.69 Å². The molecule has 1 N–H and O–H groups in total. The number of carbonyl (C=O) groups is 2. The second-order valence-corrected chi connectivity index (χ2v) is 9.37. The summed E-state index contributed by atoms with van der Waals surface area (Å²) in [6, 6.07) is 20.3. The molecule has 2 aromatic heterocycles. The predicted molar refractivity (Wildman–Crippen MR) is 141 cm³/mol. The molecule has 0 saturated heterocycles. The number of furan rings is 1. The van der Waals surface area contributed by atoms with Gasteiger partial charge in [0.2, 0.25) is 5.91 Å². The van der Waals surface area contributed by atoms with Gasteiger partial charge in [-0.15, -0.1) is 0 Å². The second kappa shape index (κ2) is 9.41. The number of aryl methyl sites for hydroxylation is 1. The molecule has 0 spiro atoms. The first kappa shape index (κ1) is 23.5. The van der Waals surface area contributed by atoms with Crippen molar-refractivity contribution in [1.29, 1.82) is 0 Å². The van der Waals surface area contributed by atoms with Gasteiger partial charge in [0.15, 0.2) is 0 Å². The Bertz CT molecular complexity index is 1400. The molecule has 0 bridgehead atoms. The summed E-state index contributed by atoms with van der Waals surface area (Å²) < 4.78 is 7.88. The van der Waals surface area contributed by atoms with Crippen molar-refractivity contribution in [2.45, 2.75) is 39.8 Å². The highest BCUT2D eigenvalue weighted by Crippen LogP contribution is 2.42. The molecule has 0 fully saturated rings. The van der Waals surface area contributed by atoms with Gasteiger partial charge in [-0.25, -0.2) is 4.79 Å². The van der Waals surface area contributed by atoms with Crippen LogP contribution in [0.25, 0.3) is 5.69 Å². The first-order valence-corrected chi connectivity index (χ1v) is 12.1. The van der Waals surface area contributed by atoms with Crippen molar-refractivity contribution >= 4 is 23.3 Å². The van der Waals surface area contributed by atoms with E-state index in [2.05, 4.69) is 9.88 Å². The van der Waals surface area contributed by atoms with Crippen LogP contribution >= 0.6 is 0 Å². The van der Waals surface area contributed by atoms with Gasteiger partial charge in [0.05, 0.1) is 23.3 Å². The number of amides is 3. The first-order valence-electron chi connectivity index (χ1n) is 12.1. The minimum absolute atomic E-state index is 0.0827. The van der Waals surface area contributed by atoms with Crippen LogP contribution in [0, 0.1) is 13.8 Å². The SMILES string of the molecule is Cc1cccc(NC(=O)N(CC(=O)N2c3ccccc3-n3cccc3C2c2ccco2)C(C)C)c1C. The minimum Gasteiger partial charge on any atom is -0.467 e. The van der Waals surface area contributed by atoms with Gasteiger partial charge in [0, 0.05) is 17.9 Å². The van der Waals surface area contributed by atoms with Crippen LogP contribution in [0.1, 0.15) is 42.5 Å². The molecule has 1 unspecified atom stereocenters. The summed E-state index contributed by atoms with van der Waals surface area (Å²) in [5, 5.41) is 3.00. The van der Waals surface area contributed by atoms with E-state index in [0.717, 1.165) is 33.9 Å². The Morgan fingerprint density at radius 3 is 2.47 bits per heavy atom. The molecule has 3 amide bonds. The molecule has 7 nitrogen and oxygen atoms in total. The number of fused-ring (bicyclic) bond motifs is 3. The Balaban J connectivity index is 1.49. The largest absolute Gasteiger partial charge is 0.467 e. The van der Waals surface area contributed by atoms with E-state index in [-0.39, 0.29) is 24.5 Å². The molecule has 1 atom stereocenters. The van der Waals surface area contributed by atoms with Crippen LogP contribution in [-0.4, -0.2) is 34.0 Å². The van der Waals surface area contributed by atoms with Gasteiger partial charge >= 0.3 is 6.03 Å². The Morgan fingerprint density at radius 1 is 0.972 bits per heavy atom. The van der Waals surface area contributed by atoms with Gasteiger partial charge in [-0.1, -0.05) is 24.3 Å². The van der Waals surface area contributed by atoms with Crippen molar-refractivity contribution < 1.29 is 14.0 Å². The Morgan fingerprint density at radius 2 is 1.75 bits per heavy atom. The molecule has 36 heavy (non-hydrogen) atoms. The van der Waals surface area contributed by atoms with Crippen LogP contribution in [0.5, 0.6) is 0 Å². The number of benzene rings is 2. The molecule has 5 rings (SSSR count). The normalized spacial score (nSPS) is 14.4.